The van der Waals surface area contributed by atoms with E-state index in [4.69, 9.17) is 5.73 Å². The number of phenols is 1. The summed E-state index contributed by atoms with van der Waals surface area (Å²) in [4.78, 5) is 10.4. The molecule has 0 fully saturated rings. The second-order valence-corrected chi connectivity index (χ2v) is 5.05. The van der Waals surface area contributed by atoms with E-state index in [2.05, 4.69) is 0 Å². The van der Waals surface area contributed by atoms with Gasteiger partial charge in [0.05, 0.1) is 11.0 Å². The smallest absolute Gasteiger partial charge is 0.269 e. The van der Waals surface area contributed by atoms with Gasteiger partial charge in [-0.3, -0.25) is 10.1 Å². The lowest BCUT2D eigenvalue weighted by Crippen LogP contribution is -2.12. The summed E-state index contributed by atoms with van der Waals surface area (Å²) in [6.07, 6.45) is 0. The summed E-state index contributed by atoms with van der Waals surface area (Å²) in [6.45, 7) is 0. The van der Waals surface area contributed by atoms with Gasteiger partial charge in [0.15, 0.2) is 0 Å². The summed E-state index contributed by atoms with van der Waals surface area (Å²) < 4.78 is 0. The van der Waals surface area contributed by atoms with Crippen molar-refractivity contribution in [2.24, 2.45) is 5.73 Å². The van der Waals surface area contributed by atoms with Gasteiger partial charge in [0, 0.05) is 23.1 Å². The Balaban J connectivity index is 2.09. The van der Waals surface area contributed by atoms with E-state index in [9.17, 15) is 15.2 Å². The number of fused-ring (bicyclic) bond motifs is 1. The fourth-order valence-corrected chi connectivity index (χ4v) is 2.53. The molecule has 3 aromatic carbocycles. The lowest BCUT2D eigenvalue weighted by atomic mass is 9.95. The van der Waals surface area contributed by atoms with Gasteiger partial charge in [0.1, 0.15) is 5.75 Å². The third kappa shape index (κ3) is 2.38. The van der Waals surface area contributed by atoms with E-state index < -0.39 is 11.0 Å². The minimum atomic E-state index is -0.635. The number of nitrogens with two attached hydrogens (primary N) is 1. The quantitative estimate of drug-likeness (QED) is 0.571. The maximum absolute atomic E-state index is 10.9. The average molecular weight is 294 g/mol. The number of non-ortho nitro benzene ring substituents is 1. The Morgan fingerprint density at radius 3 is 2.59 bits per heavy atom. The SMILES string of the molecule is N[C@H](c1cccc([N+](=O)[O-])c1)c1ccc2ccccc2c1O. The zero-order chi connectivity index (χ0) is 15.7. The highest BCUT2D eigenvalue weighted by Crippen LogP contribution is 2.34. The molecule has 5 heteroatoms. The highest BCUT2D eigenvalue weighted by atomic mass is 16.6. The molecule has 0 amide bonds. The molecule has 3 N–H and O–H groups in total. The third-order valence-corrected chi connectivity index (χ3v) is 3.71. The van der Waals surface area contributed by atoms with E-state index in [1.54, 1.807) is 18.2 Å². The predicted octanol–water partition coefficient (Wildman–Crippen LogP) is 3.50. The van der Waals surface area contributed by atoms with Crippen LogP contribution in [0.4, 0.5) is 5.69 Å². The van der Waals surface area contributed by atoms with E-state index in [1.807, 2.05) is 30.3 Å². The number of hydrogen-bond donors (Lipinski definition) is 2. The summed E-state index contributed by atoms with van der Waals surface area (Å²) in [5.74, 6) is 0.108. The Hall–Kier alpha value is -2.92. The van der Waals surface area contributed by atoms with Crippen LogP contribution < -0.4 is 5.73 Å². The fraction of sp³-hybridized carbons (Fsp3) is 0.0588. The van der Waals surface area contributed by atoms with Crippen LogP contribution in [0.15, 0.2) is 60.7 Å². The monoisotopic (exact) mass is 294 g/mol. The standard InChI is InChI=1S/C17H14N2O3/c18-16(12-5-3-6-13(10-12)19(21)22)15-9-8-11-4-1-2-7-14(11)17(15)20/h1-10,16,20H,18H2/t16-/m1/s1. The molecule has 0 saturated heterocycles. The van der Waals surface area contributed by atoms with Crippen LogP contribution in [-0.2, 0) is 0 Å². The normalized spacial score (nSPS) is 12.2. The van der Waals surface area contributed by atoms with Crippen LogP contribution in [-0.4, -0.2) is 10.0 Å². The molecule has 0 aromatic heterocycles. The topological polar surface area (TPSA) is 89.4 Å². The van der Waals surface area contributed by atoms with Crippen molar-refractivity contribution in [3.8, 4) is 5.75 Å². The Morgan fingerprint density at radius 1 is 1.05 bits per heavy atom. The molecule has 0 saturated carbocycles. The molecule has 5 nitrogen and oxygen atoms in total. The fourth-order valence-electron chi connectivity index (χ4n) is 2.53. The molecule has 3 rings (SSSR count). The first kappa shape index (κ1) is 14.0. The number of rotatable bonds is 3. The molecule has 0 bridgehead atoms. The Kier molecular flexibility index (Phi) is 3.48. The first-order valence-electron chi connectivity index (χ1n) is 6.78. The molecule has 3 aromatic rings. The van der Waals surface area contributed by atoms with Crippen molar-refractivity contribution in [1.29, 1.82) is 0 Å². The van der Waals surface area contributed by atoms with Gasteiger partial charge in [-0.25, -0.2) is 0 Å². The summed E-state index contributed by atoms with van der Waals surface area (Å²) in [5.41, 5.74) is 7.30. The minimum Gasteiger partial charge on any atom is -0.507 e. The van der Waals surface area contributed by atoms with Crippen molar-refractivity contribution < 1.29 is 10.0 Å². The number of nitro benzene ring substituents is 1. The van der Waals surface area contributed by atoms with Crippen LogP contribution in [0.2, 0.25) is 0 Å². The molecule has 0 aliphatic heterocycles. The molecular weight excluding hydrogens is 280 g/mol. The zero-order valence-electron chi connectivity index (χ0n) is 11.6. The van der Waals surface area contributed by atoms with Crippen LogP contribution in [0.1, 0.15) is 17.2 Å². The zero-order valence-corrected chi connectivity index (χ0v) is 11.6. The number of nitro groups is 1. The van der Waals surface area contributed by atoms with Crippen LogP contribution >= 0.6 is 0 Å². The Bertz CT molecular complexity index is 861. The van der Waals surface area contributed by atoms with Crippen molar-refractivity contribution in [1.82, 2.24) is 0 Å². The van der Waals surface area contributed by atoms with E-state index >= 15 is 0 Å². The average Bonchev–Trinajstić information content (AvgIpc) is 2.55. The molecule has 1 atom stereocenters. The molecule has 0 spiro atoms. The summed E-state index contributed by atoms with van der Waals surface area (Å²) in [7, 11) is 0. The maximum Gasteiger partial charge on any atom is 0.269 e. The number of aromatic hydroxyl groups is 1. The van der Waals surface area contributed by atoms with Gasteiger partial charge in [0.2, 0.25) is 0 Å². The minimum absolute atomic E-state index is 0.0202. The molecule has 0 heterocycles. The van der Waals surface area contributed by atoms with Crippen molar-refractivity contribution in [3.63, 3.8) is 0 Å². The van der Waals surface area contributed by atoms with Crippen molar-refractivity contribution >= 4 is 16.5 Å². The van der Waals surface area contributed by atoms with Gasteiger partial charge >= 0.3 is 0 Å². The Labute approximate surface area is 126 Å². The number of nitrogens with zero attached hydrogens (tertiary/aromatic N) is 1. The Morgan fingerprint density at radius 2 is 1.82 bits per heavy atom. The highest BCUT2D eigenvalue weighted by Gasteiger charge is 2.17. The molecule has 0 aliphatic rings. The summed E-state index contributed by atoms with van der Waals surface area (Å²) >= 11 is 0. The van der Waals surface area contributed by atoms with Gasteiger partial charge in [-0.05, 0) is 10.9 Å². The van der Waals surface area contributed by atoms with Gasteiger partial charge in [-0.2, -0.15) is 0 Å². The number of hydrogen-bond acceptors (Lipinski definition) is 4. The first-order chi connectivity index (χ1) is 10.6. The lowest BCUT2D eigenvalue weighted by molar-refractivity contribution is -0.384. The van der Waals surface area contributed by atoms with Crippen LogP contribution in [0.3, 0.4) is 0 Å². The molecule has 0 radical (unpaired) electrons. The van der Waals surface area contributed by atoms with Crippen molar-refractivity contribution in [2.45, 2.75) is 6.04 Å². The predicted molar refractivity (Wildman–Crippen MR) is 84.7 cm³/mol. The van der Waals surface area contributed by atoms with Crippen LogP contribution in [0.25, 0.3) is 10.8 Å². The maximum atomic E-state index is 10.9. The lowest BCUT2D eigenvalue weighted by Gasteiger charge is -2.15. The van der Waals surface area contributed by atoms with Crippen LogP contribution in [0, 0.1) is 10.1 Å². The van der Waals surface area contributed by atoms with E-state index in [1.165, 1.54) is 12.1 Å². The number of benzene rings is 3. The second-order valence-electron chi connectivity index (χ2n) is 5.05. The second kappa shape index (κ2) is 5.46. The van der Waals surface area contributed by atoms with Crippen molar-refractivity contribution in [2.75, 3.05) is 0 Å². The van der Waals surface area contributed by atoms with E-state index in [0.717, 1.165) is 5.39 Å². The number of phenolic OH excluding ortho intramolecular Hbond substituents is 1. The van der Waals surface area contributed by atoms with E-state index in [-0.39, 0.29) is 11.4 Å². The van der Waals surface area contributed by atoms with Gasteiger partial charge in [0.25, 0.3) is 5.69 Å². The van der Waals surface area contributed by atoms with Crippen LogP contribution in [0.5, 0.6) is 5.75 Å². The molecule has 22 heavy (non-hydrogen) atoms. The molecule has 0 unspecified atom stereocenters. The van der Waals surface area contributed by atoms with E-state index in [0.29, 0.717) is 16.5 Å². The molecule has 0 aliphatic carbocycles. The summed E-state index contributed by atoms with van der Waals surface area (Å²) in [6, 6.07) is 16.6. The van der Waals surface area contributed by atoms with Gasteiger partial charge in [-0.15, -0.1) is 0 Å². The largest absolute Gasteiger partial charge is 0.507 e. The van der Waals surface area contributed by atoms with Crippen molar-refractivity contribution in [3.05, 3.63) is 81.9 Å². The molecule has 110 valence electrons. The highest BCUT2D eigenvalue weighted by molar-refractivity contribution is 5.89. The molecular formula is C17H14N2O3. The van der Waals surface area contributed by atoms with Gasteiger partial charge in [-0.1, -0.05) is 48.5 Å². The van der Waals surface area contributed by atoms with Gasteiger partial charge < -0.3 is 10.8 Å². The first-order valence-corrected chi connectivity index (χ1v) is 6.78. The third-order valence-electron chi connectivity index (χ3n) is 3.71. The summed E-state index contributed by atoms with van der Waals surface area (Å²) in [5, 5.41) is 22.9.